The Kier molecular flexibility index (Phi) is 10.8. The molecule has 3 N–H and O–H groups in total. The Morgan fingerprint density at radius 1 is 1.12 bits per heavy atom. The largest absolute Gasteiger partial charge is 0.328 e. The summed E-state index contributed by atoms with van der Waals surface area (Å²) in [6.07, 6.45) is 3.57. The second-order valence-electron chi connectivity index (χ2n) is 8.05. The first-order valence-electron chi connectivity index (χ1n) is 11.0. The summed E-state index contributed by atoms with van der Waals surface area (Å²) in [7, 11) is 0. The molecule has 0 aliphatic carbocycles. The van der Waals surface area contributed by atoms with Gasteiger partial charge in [0.05, 0.1) is 18.8 Å². The van der Waals surface area contributed by atoms with Crippen LogP contribution in [-0.4, -0.2) is 29.4 Å². The summed E-state index contributed by atoms with van der Waals surface area (Å²) < 4.78 is 13.0. The number of aromatic nitrogens is 1. The van der Waals surface area contributed by atoms with E-state index in [4.69, 9.17) is 4.84 Å². The van der Waals surface area contributed by atoms with Crippen LogP contribution in [0.1, 0.15) is 45.6 Å². The van der Waals surface area contributed by atoms with Crippen molar-refractivity contribution < 1.29 is 18.8 Å². The zero-order valence-electron chi connectivity index (χ0n) is 18.9. The van der Waals surface area contributed by atoms with Gasteiger partial charge in [0.2, 0.25) is 0 Å². The van der Waals surface area contributed by atoms with Crippen LogP contribution in [0.2, 0.25) is 0 Å². The zero-order valence-corrected chi connectivity index (χ0v) is 18.9. The molecule has 7 nitrogen and oxygen atoms in total. The van der Waals surface area contributed by atoms with Crippen molar-refractivity contribution in [2.75, 3.05) is 11.9 Å². The maximum absolute atomic E-state index is 13.3. The molecule has 32 heavy (non-hydrogen) atoms. The summed E-state index contributed by atoms with van der Waals surface area (Å²) in [5, 5.41) is 5.29. The predicted octanol–water partition coefficient (Wildman–Crippen LogP) is 4.46. The fourth-order valence-corrected chi connectivity index (χ4v) is 3.23. The molecule has 8 heteroatoms. The number of amides is 2. The van der Waals surface area contributed by atoms with Crippen molar-refractivity contribution >= 4 is 17.6 Å². The average molecular weight is 445 g/mol. The number of hydrogen-bond acceptors (Lipinski definition) is 5. The molecule has 2 amide bonds. The van der Waals surface area contributed by atoms with E-state index >= 15 is 0 Å². The van der Waals surface area contributed by atoms with Gasteiger partial charge in [0, 0.05) is 12.5 Å². The molecule has 1 heterocycles. The molecule has 174 valence electrons. The summed E-state index contributed by atoms with van der Waals surface area (Å²) >= 11 is 0. The Morgan fingerprint density at radius 2 is 1.88 bits per heavy atom. The molecule has 0 bridgehead atoms. The number of carbonyl (C=O) groups excluding carboxylic acids is 2. The molecule has 1 aromatic carbocycles. The summed E-state index contributed by atoms with van der Waals surface area (Å²) in [5.41, 5.74) is 3.95. The van der Waals surface area contributed by atoms with Crippen LogP contribution >= 0.6 is 0 Å². The fourth-order valence-electron chi connectivity index (χ4n) is 3.23. The highest BCUT2D eigenvalue weighted by atomic mass is 19.1. The number of benzene rings is 1. The van der Waals surface area contributed by atoms with E-state index < -0.39 is 17.9 Å². The molecule has 2 rings (SSSR count). The molecular weight excluding hydrogens is 411 g/mol. The van der Waals surface area contributed by atoms with E-state index in [-0.39, 0.29) is 23.4 Å². The van der Waals surface area contributed by atoms with Crippen LogP contribution in [0.5, 0.6) is 0 Å². The van der Waals surface area contributed by atoms with Gasteiger partial charge in [-0.3, -0.25) is 14.9 Å². The molecule has 2 atom stereocenters. The third-order valence-corrected chi connectivity index (χ3v) is 5.05. The molecule has 0 saturated heterocycles. The maximum Gasteiger partial charge on any atom is 0.320 e. The van der Waals surface area contributed by atoms with Gasteiger partial charge in [-0.25, -0.2) is 19.6 Å². The van der Waals surface area contributed by atoms with Crippen LogP contribution in [0.25, 0.3) is 0 Å². The average Bonchev–Trinajstić information content (AvgIpc) is 2.78. The van der Waals surface area contributed by atoms with Crippen LogP contribution in [0, 0.1) is 17.7 Å². The van der Waals surface area contributed by atoms with Gasteiger partial charge in [0.25, 0.3) is 0 Å². The van der Waals surface area contributed by atoms with E-state index in [0.29, 0.717) is 19.6 Å². The van der Waals surface area contributed by atoms with Gasteiger partial charge in [0.15, 0.2) is 5.78 Å². The molecule has 0 saturated carbocycles. The van der Waals surface area contributed by atoms with Gasteiger partial charge >= 0.3 is 6.03 Å². The SMILES string of the molecule is CCCC[C@H](CNOCc1ccccc1)C(=O)[C@@H](NC(=O)Nc1ccc(F)cn1)C(C)C. The topological polar surface area (TPSA) is 92.4 Å². The van der Waals surface area contributed by atoms with Crippen molar-refractivity contribution in [2.45, 2.75) is 52.7 Å². The van der Waals surface area contributed by atoms with Gasteiger partial charge < -0.3 is 5.32 Å². The Hall–Kier alpha value is -2.84. The molecular formula is C24H33FN4O3. The van der Waals surface area contributed by atoms with Crippen molar-refractivity contribution in [2.24, 2.45) is 11.8 Å². The molecule has 0 spiro atoms. The summed E-state index contributed by atoms with van der Waals surface area (Å²) in [4.78, 5) is 35.1. The number of hydroxylamine groups is 1. The van der Waals surface area contributed by atoms with E-state index in [1.165, 1.54) is 12.1 Å². The number of anilines is 1. The number of unbranched alkanes of at least 4 members (excludes halogenated alkanes) is 1. The minimum absolute atomic E-state index is 0.0496. The minimum atomic E-state index is -0.673. The fraction of sp³-hybridized carbons (Fsp3) is 0.458. The number of hydrogen-bond donors (Lipinski definition) is 3. The van der Waals surface area contributed by atoms with Crippen molar-refractivity contribution in [1.82, 2.24) is 15.8 Å². The van der Waals surface area contributed by atoms with Crippen LogP contribution < -0.4 is 16.1 Å². The van der Waals surface area contributed by atoms with Gasteiger partial charge in [-0.05, 0) is 30.0 Å². The van der Waals surface area contributed by atoms with Crippen molar-refractivity contribution in [3.8, 4) is 0 Å². The number of urea groups is 1. The van der Waals surface area contributed by atoms with Crippen molar-refractivity contribution in [3.63, 3.8) is 0 Å². The number of nitrogens with one attached hydrogen (secondary N) is 3. The van der Waals surface area contributed by atoms with Crippen LogP contribution in [0.15, 0.2) is 48.7 Å². The summed E-state index contributed by atoms with van der Waals surface area (Å²) in [6.45, 7) is 6.60. The number of rotatable bonds is 13. The quantitative estimate of drug-likeness (QED) is 0.313. The molecule has 1 aromatic heterocycles. The molecule has 0 aliphatic rings. The number of ketones is 1. The van der Waals surface area contributed by atoms with E-state index in [2.05, 4.69) is 28.0 Å². The zero-order chi connectivity index (χ0) is 23.3. The number of nitrogens with zero attached hydrogens (tertiary/aromatic N) is 1. The smallest absolute Gasteiger partial charge is 0.320 e. The maximum atomic E-state index is 13.3. The number of pyridine rings is 1. The van der Waals surface area contributed by atoms with Gasteiger partial charge in [-0.2, -0.15) is 0 Å². The van der Waals surface area contributed by atoms with E-state index in [0.717, 1.165) is 24.6 Å². The lowest BCUT2D eigenvalue weighted by molar-refractivity contribution is -0.127. The number of halogens is 1. The second kappa shape index (κ2) is 13.5. The highest BCUT2D eigenvalue weighted by Gasteiger charge is 2.30. The third-order valence-electron chi connectivity index (χ3n) is 5.05. The molecule has 2 aromatic rings. The molecule has 0 aliphatic heterocycles. The summed E-state index contributed by atoms with van der Waals surface area (Å²) in [5.74, 6) is -0.748. The molecule has 0 unspecified atom stereocenters. The first-order chi connectivity index (χ1) is 15.4. The van der Waals surface area contributed by atoms with Crippen molar-refractivity contribution in [1.29, 1.82) is 0 Å². The minimum Gasteiger partial charge on any atom is -0.328 e. The first kappa shape index (κ1) is 25.4. The number of Topliss-reactive ketones (excluding diaryl/α,β-unsaturated/α-hetero) is 1. The molecule has 0 fully saturated rings. The Balaban J connectivity index is 1.94. The van der Waals surface area contributed by atoms with Crippen LogP contribution in [0.3, 0.4) is 0 Å². The normalized spacial score (nSPS) is 12.9. The lowest BCUT2D eigenvalue weighted by Gasteiger charge is -2.26. The van der Waals surface area contributed by atoms with Gasteiger partial charge in [-0.1, -0.05) is 63.9 Å². The highest BCUT2D eigenvalue weighted by Crippen LogP contribution is 2.16. The monoisotopic (exact) mass is 444 g/mol. The van der Waals surface area contributed by atoms with Crippen LogP contribution in [-0.2, 0) is 16.2 Å². The van der Waals surface area contributed by atoms with Gasteiger partial charge in [-0.15, -0.1) is 0 Å². The standard InChI is InChI=1S/C24H33FN4O3/c1-4-5-11-19(14-27-32-16-18-9-7-6-8-10-18)23(30)22(17(2)3)29-24(31)28-21-13-12-20(25)15-26-21/h6-10,12-13,15,17,19,22,27H,4-5,11,14,16H2,1-3H3,(H2,26,28,29,31)/t19-,22+/m1/s1. The van der Waals surface area contributed by atoms with E-state index in [1.807, 2.05) is 44.2 Å². The lowest BCUT2D eigenvalue weighted by atomic mass is 9.88. The summed E-state index contributed by atoms with van der Waals surface area (Å²) in [6, 6.07) is 11.1. The highest BCUT2D eigenvalue weighted by molar-refractivity contribution is 5.94. The predicted molar refractivity (Wildman–Crippen MR) is 122 cm³/mol. The molecule has 0 radical (unpaired) electrons. The Bertz CT molecular complexity index is 831. The third kappa shape index (κ3) is 8.72. The lowest BCUT2D eigenvalue weighted by Crippen LogP contribution is -2.49. The Morgan fingerprint density at radius 3 is 2.50 bits per heavy atom. The van der Waals surface area contributed by atoms with Crippen LogP contribution in [0.4, 0.5) is 15.0 Å². The van der Waals surface area contributed by atoms with Crippen molar-refractivity contribution in [3.05, 3.63) is 60.0 Å². The van der Waals surface area contributed by atoms with E-state index in [9.17, 15) is 14.0 Å². The second-order valence-corrected chi connectivity index (χ2v) is 8.05. The van der Waals surface area contributed by atoms with E-state index in [1.54, 1.807) is 0 Å². The number of carbonyl (C=O) groups is 2. The first-order valence-corrected chi connectivity index (χ1v) is 11.0. The Labute approximate surface area is 189 Å². The van der Waals surface area contributed by atoms with Gasteiger partial charge in [0.1, 0.15) is 11.6 Å².